The summed E-state index contributed by atoms with van der Waals surface area (Å²) in [5.74, 6) is 0.449. The Hall–Kier alpha value is -1.36. The van der Waals surface area contributed by atoms with Crippen molar-refractivity contribution in [3.8, 4) is 0 Å². The van der Waals surface area contributed by atoms with Crippen LogP contribution >= 0.6 is 0 Å². The summed E-state index contributed by atoms with van der Waals surface area (Å²) in [6.07, 6.45) is 2.44. The van der Waals surface area contributed by atoms with Gasteiger partial charge in [0.1, 0.15) is 0 Å². The molecule has 1 atom stereocenters. The second kappa shape index (κ2) is 6.00. The van der Waals surface area contributed by atoms with E-state index < -0.39 is 0 Å². The van der Waals surface area contributed by atoms with Gasteiger partial charge in [-0.25, -0.2) is 0 Å². The molecule has 1 unspecified atom stereocenters. The van der Waals surface area contributed by atoms with Crippen LogP contribution in [0.4, 0.5) is 0 Å². The van der Waals surface area contributed by atoms with Crippen LogP contribution in [-0.2, 0) is 7.05 Å². The molecule has 1 heterocycles. The van der Waals surface area contributed by atoms with Crippen LogP contribution in [0.5, 0.6) is 0 Å². The molecule has 0 saturated heterocycles. The lowest BCUT2D eigenvalue weighted by Gasteiger charge is -2.21. The molecule has 0 spiro atoms. The summed E-state index contributed by atoms with van der Waals surface area (Å²) in [7, 11) is 3.64. The highest BCUT2D eigenvalue weighted by atomic mass is 16.2. The molecule has 5 nitrogen and oxygen atoms in total. The van der Waals surface area contributed by atoms with Crippen molar-refractivity contribution in [2.75, 3.05) is 13.6 Å². The Morgan fingerprint density at radius 1 is 1.56 bits per heavy atom. The summed E-state index contributed by atoms with van der Waals surface area (Å²) < 4.78 is 1.71. The van der Waals surface area contributed by atoms with Crippen LogP contribution in [0.15, 0.2) is 6.20 Å². The molecule has 5 heteroatoms. The third-order valence-corrected chi connectivity index (χ3v) is 3.47. The number of hydrogen-bond acceptors (Lipinski definition) is 3. The van der Waals surface area contributed by atoms with Gasteiger partial charge in [0.15, 0.2) is 0 Å². The van der Waals surface area contributed by atoms with E-state index >= 15 is 0 Å². The summed E-state index contributed by atoms with van der Waals surface area (Å²) in [5, 5.41) is 4.09. The van der Waals surface area contributed by atoms with Crippen LogP contribution < -0.4 is 5.73 Å². The number of aryl methyl sites for hydroxylation is 1. The van der Waals surface area contributed by atoms with E-state index in [9.17, 15) is 4.79 Å². The van der Waals surface area contributed by atoms with E-state index in [1.54, 1.807) is 15.8 Å². The highest BCUT2D eigenvalue weighted by Gasteiger charge is 2.18. The van der Waals surface area contributed by atoms with Gasteiger partial charge in [0.25, 0.3) is 5.91 Å². The molecule has 0 bridgehead atoms. The third-order valence-electron chi connectivity index (χ3n) is 3.47. The van der Waals surface area contributed by atoms with Crippen molar-refractivity contribution >= 4 is 5.91 Å². The van der Waals surface area contributed by atoms with E-state index in [-0.39, 0.29) is 11.9 Å². The molecule has 1 aromatic heterocycles. The van der Waals surface area contributed by atoms with Gasteiger partial charge in [0, 0.05) is 32.4 Å². The van der Waals surface area contributed by atoms with E-state index in [0.29, 0.717) is 18.0 Å². The lowest BCUT2D eigenvalue weighted by Crippen LogP contribution is -2.34. The monoisotopic (exact) mass is 252 g/mol. The number of nitrogens with two attached hydrogens (primary N) is 1. The van der Waals surface area contributed by atoms with Gasteiger partial charge in [-0.15, -0.1) is 0 Å². The number of aromatic nitrogens is 2. The highest BCUT2D eigenvalue weighted by molar-refractivity contribution is 5.94. The van der Waals surface area contributed by atoms with Gasteiger partial charge in [0.05, 0.1) is 11.8 Å². The molecular weight excluding hydrogens is 228 g/mol. The maximum atomic E-state index is 12.2. The first kappa shape index (κ1) is 14.7. The molecule has 0 aliphatic carbocycles. The minimum Gasteiger partial charge on any atom is -0.342 e. The van der Waals surface area contributed by atoms with Gasteiger partial charge in [-0.3, -0.25) is 9.48 Å². The van der Waals surface area contributed by atoms with Crippen LogP contribution in [0.1, 0.15) is 36.3 Å². The van der Waals surface area contributed by atoms with Crippen molar-refractivity contribution in [3.63, 3.8) is 0 Å². The Bertz CT molecular complexity index is 411. The predicted molar refractivity (Wildman–Crippen MR) is 72.3 cm³/mol. The zero-order valence-corrected chi connectivity index (χ0v) is 12.0. The van der Waals surface area contributed by atoms with Crippen LogP contribution in [0.2, 0.25) is 0 Å². The van der Waals surface area contributed by atoms with Crippen molar-refractivity contribution in [3.05, 3.63) is 17.5 Å². The van der Waals surface area contributed by atoms with Crippen molar-refractivity contribution in [1.82, 2.24) is 14.7 Å². The van der Waals surface area contributed by atoms with E-state index in [1.807, 2.05) is 21.0 Å². The van der Waals surface area contributed by atoms with Gasteiger partial charge >= 0.3 is 0 Å². The van der Waals surface area contributed by atoms with Crippen molar-refractivity contribution in [2.24, 2.45) is 18.7 Å². The van der Waals surface area contributed by atoms with E-state index in [0.717, 1.165) is 12.1 Å². The molecule has 1 aromatic rings. The number of carbonyl (C=O) groups excluding carboxylic acids is 1. The fraction of sp³-hybridized carbons (Fsp3) is 0.692. The zero-order valence-electron chi connectivity index (χ0n) is 12.0. The van der Waals surface area contributed by atoms with Crippen LogP contribution in [0, 0.1) is 12.8 Å². The third kappa shape index (κ3) is 3.32. The molecule has 18 heavy (non-hydrogen) atoms. The van der Waals surface area contributed by atoms with Gasteiger partial charge in [-0.1, -0.05) is 13.8 Å². The normalized spacial score (nSPS) is 12.8. The Labute approximate surface area is 109 Å². The second-order valence-corrected chi connectivity index (χ2v) is 5.19. The van der Waals surface area contributed by atoms with E-state index in [4.69, 9.17) is 5.73 Å². The van der Waals surface area contributed by atoms with Gasteiger partial charge in [-0.2, -0.15) is 5.10 Å². The SMILES string of the molecule is Cc1c(C(=O)N(C)CCC(N)C(C)C)cnn1C. The van der Waals surface area contributed by atoms with Crippen molar-refractivity contribution < 1.29 is 4.79 Å². The maximum Gasteiger partial charge on any atom is 0.257 e. The van der Waals surface area contributed by atoms with Crippen molar-refractivity contribution in [2.45, 2.75) is 33.2 Å². The molecule has 2 N–H and O–H groups in total. The summed E-state index contributed by atoms with van der Waals surface area (Å²) >= 11 is 0. The van der Waals surface area contributed by atoms with Crippen LogP contribution in [-0.4, -0.2) is 40.2 Å². The average molecular weight is 252 g/mol. The first-order valence-electron chi connectivity index (χ1n) is 6.34. The lowest BCUT2D eigenvalue weighted by molar-refractivity contribution is 0.0788. The maximum absolute atomic E-state index is 12.2. The van der Waals surface area contributed by atoms with E-state index in [1.165, 1.54) is 0 Å². The first-order valence-corrected chi connectivity index (χ1v) is 6.34. The molecule has 0 aromatic carbocycles. The molecule has 0 aliphatic heterocycles. The highest BCUT2D eigenvalue weighted by Crippen LogP contribution is 2.10. The standard InChI is InChI=1S/C13H24N4O/c1-9(2)12(14)6-7-16(4)13(18)11-8-15-17(5)10(11)3/h8-9,12H,6-7,14H2,1-5H3. The largest absolute Gasteiger partial charge is 0.342 e. The molecule has 1 rings (SSSR count). The molecular formula is C13H24N4O. The smallest absolute Gasteiger partial charge is 0.257 e. The quantitative estimate of drug-likeness (QED) is 0.855. The first-order chi connectivity index (χ1) is 8.34. The van der Waals surface area contributed by atoms with Gasteiger partial charge in [-0.05, 0) is 19.3 Å². The van der Waals surface area contributed by atoms with Gasteiger partial charge in [0.2, 0.25) is 0 Å². The Kier molecular flexibility index (Phi) is 4.90. The predicted octanol–water partition coefficient (Wildman–Crippen LogP) is 1.17. The van der Waals surface area contributed by atoms with Crippen molar-refractivity contribution in [1.29, 1.82) is 0 Å². The summed E-state index contributed by atoms with van der Waals surface area (Å²) in [4.78, 5) is 13.9. The summed E-state index contributed by atoms with van der Waals surface area (Å²) in [6, 6.07) is 0.134. The fourth-order valence-electron chi connectivity index (χ4n) is 1.69. The van der Waals surface area contributed by atoms with Crippen LogP contribution in [0.3, 0.4) is 0 Å². The van der Waals surface area contributed by atoms with Crippen LogP contribution in [0.25, 0.3) is 0 Å². The molecule has 102 valence electrons. The van der Waals surface area contributed by atoms with E-state index in [2.05, 4.69) is 18.9 Å². The summed E-state index contributed by atoms with van der Waals surface area (Å²) in [6.45, 7) is 6.76. The Balaban J connectivity index is 2.60. The number of amides is 1. The Morgan fingerprint density at radius 2 is 2.17 bits per heavy atom. The zero-order chi connectivity index (χ0) is 13.9. The molecule has 1 amide bonds. The minimum atomic E-state index is 0.0107. The number of hydrogen-bond donors (Lipinski definition) is 1. The molecule has 0 saturated carbocycles. The number of rotatable bonds is 5. The fourth-order valence-corrected chi connectivity index (χ4v) is 1.69. The molecule has 0 radical (unpaired) electrons. The van der Waals surface area contributed by atoms with Gasteiger partial charge < -0.3 is 10.6 Å². The molecule has 0 fully saturated rings. The topological polar surface area (TPSA) is 64.2 Å². The number of nitrogens with zero attached hydrogens (tertiary/aromatic N) is 3. The minimum absolute atomic E-state index is 0.0107. The lowest BCUT2D eigenvalue weighted by atomic mass is 10.0. The average Bonchev–Trinajstić information content (AvgIpc) is 2.65. The Morgan fingerprint density at radius 3 is 2.61 bits per heavy atom. The summed E-state index contributed by atoms with van der Waals surface area (Å²) in [5.41, 5.74) is 7.54. The number of carbonyl (C=O) groups is 1. The molecule has 0 aliphatic rings. The second-order valence-electron chi connectivity index (χ2n) is 5.19.